The first-order valence-electron chi connectivity index (χ1n) is 5.86. The van der Waals surface area contributed by atoms with Crippen molar-refractivity contribution in [3.8, 4) is 17.6 Å². The van der Waals surface area contributed by atoms with E-state index in [-0.39, 0.29) is 0 Å². The molecule has 0 amide bonds. The Bertz CT molecular complexity index is 618. The summed E-state index contributed by atoms with van der Waals surface area (Å²) in [6.45, 7) is 2.25. The van der Waals surface area contributed by atoms with E-state index in [2.05, 4.69) is 11.1 Å². The van der Waals surface area contributed by atoms with Gasteiger partial charge in [0.25, 0.3) is 0 Å². The Morgan fingerprint density at radius 1 is 1.21 bits per heavy atom. The molecule has 2 aromatic rings. The second kappa shape index (κ2) is 5.87. The zero-order chi connectivity index (χ0) is 13.7. The Balaban J connectivity index is 2.10. The number of hydrogen-bond acceptors (Lipinski definition) is 4. The van der Waals surface area contributed by atoms with Crippen molar-refractivity contribution in [2.75, 3.05) is 7.11 Å². The Morgan fingerprint density at radius 2 is 2.05 bits per heavy atom. The van der Waals surface area contributed by atoms with Crippen LogP contribution >= 0.6 is 0 Å². The van der Waals surface area contributed by atoms with Crippen LogP contribution in [0.4, 0.5) is 0 Å². The van der Waals surface area contributed by atoms with E-state index in [1.807, 2.05) is 25.1 Å². The number of nitrogens with zero attached hydrogens (tertiary/aromatic N) is 2. The monoisotopic (exact) mass is 254 g/mol. The fourth-order valence-electron chi connectivity index (χ4n) is 1.71. The summed E-state index contributed by atoms with van der Waals surface area (Å²) in [6, 6.07) is 12.8. The van der Waals surface area contributed by atoms with Crippen molar-refractivity contribution in [2.45, 2.75) is 13.5 Å². The minimum Gasteiger partial charge on any atom is -0.497 e. The summed E-state index contributed by atoms with van der Waals surface area (Å²) in [6.07, 6.45) is 0. The summed E-state index contributed by atoms with van der Waals surface area (Å²) in [5, 5.41) is 8.82. The van der Waals surface area contributed by atoms with E-state index in [0.29, 0.717) is 17.9 Å². The van der Waals surface area contributed by atoms with Gasteiger partial charge in [0, 0.05) is 17.8 Å². The standard InChI is InChI=1S/C15H14N2O2/c1-11-6-15(18-2)8-13(17-11)10-19-14-5-3-4-12(7-14)9-16/h3-8H,10H2,1-2H3. The maximum Gasteiger partial charge on any atom is 0.130 e. The first kappa shape index (κ1) is 12.9. The van der Waals surface area contributed by atoms with Crippen LogP contribution in [0.3, 0.4) is 0 Å². The molecule has 0 bridgehead atoms. The number of benzene rings is 1. The zero-order valence-corrected chi connectivity index (χ0v) is 10.9. The van der Waals surface area contributed by atoms with Crippen LogP contribution in [-0.4, -0.2) is 12.1 Å². The lowest BCUT2D eigenvalue weighted by atomic mass is 10.2. The van der Waals surface area contributed by atoms with Crippen molar-refractivity contribution in [2.24, 2.45) is 0 Å². The van der Waals surface area contributed by atoms with Gasteiger partial charge in [-0.15, -0.1) is 0 Å². The average Bonchev–Trinajstić information content (AvgIpc) is 2.44. The lowest BCUT2D eigenvalue weighted by molar-refractivity contribution is 0.299. The van der Waals surface area contributed by atoms with E-state index in [1.54, 1.807) is 25.3 Å². The molecule has 0 atom stereocenters. The molecule has 2 rings (SSSR count). The first-order chi connectivity index (χ1) is 9.21. The molecule has 1 heterocycles. The van der Waals surface area contributed by atoms with Crippen molar-refractivity contribution in [3.63, 3.8) is 0 Å². The number of methoxy groups -OCH3 is 1. The lowest BCUT2D eigenvalue weighted by Crippen LogP contribution is -2.00. The van der Waals surface area contributed by atoms with Crippen LogP contribution in [0.25, 0.3) is 0 Å². The largest absolute Gasteiger partial charge is 0.497 e. The van der Waals surface area contributed by atoms with Crippen molar-refractivity contribution >= 4 is 0 Å². The van der Waals surface area contributed by atoms with E-state index in [0.717, 1.165) is 17.1 Å². The van der Waals surface area contributed by atoms with Crippen LogP contribution in [0.15, 0.2) is 36.4 Å². The van der Waals surface area contributed by atoms with Crippen molar-refractivity contribution < 1.29 is 9.47 Å². The molecular formula is C15H14N2O2. The van der Waals surface area contributed by atoms with Gasteiger partial charge in [0.1, 0.15) is 18.1 Å². The second-order valence-corrected chi connectivity index (χ2v) is 4.07. The SMILES string of the molecule is COc1cc(C)nc(COc2cccc(C#N)c2)c1. The molecule has 0 fully saturated rings. The van der Waals surface area contributed by atoms with Gasteiger partial charge < -0.3 is 9.47 Å². The molecule has 0 radical (unpaired) electrons. The van der Waals surface area contributed by atoms with Gasteiger partial charge in [-0.25, -0.2) is 0 Å². The van der Waals surface area contributed by atoms with E-state index in [4.69, 9.17) is 14.7 Å². The maximum absolute atomic E-state index is 8.82. The molecule has 0 N–H and O–H groups in total. The molecule has 96 valence electrons. The van der Waals surface area contributed by atoms with Crippen LogP contribution < -0.4 is 9.47 Å². The summed E-state index contributed by atoms with van der Waals surface area (Å²) < 4.78 is 10.8. The molecule has 0 spiro atoms. The Hall–Kier alpha value is -2.54. The predicted molar refractivity (Wildman–Crippen MR) is 71.0 cm³/mol. The Kier molecular flexibility index (Phi) is 3.99. The van der Waals surface area contributed by atoms with Gasteiger partial charge in [0.05, 0.1) is 24.4 Å². The van der Waals surface area contributed by atoms with Crippen molar-refractivity contribution in [1.82, 2.24) is 4.98 Å². The van der Waals surface area contributed by atoms with E-state index in [1.165, 1.54) is 0 Å². The van der Waals surface area contributed by atoms with Gasteiger partial charge in [-0.1, -0.05) is 6.07 Å². The molecule has 0 saturated carbocycles. The molecule has 0 unspecified atom stereocenters. The molecule has 4 heteroatoms. The third-order valence-corrected chi connectivity index (χ3v) is 2.57. The topological polar surface area (TPSA) is 55.1 Å². The quantitative estimate of drug-likeness (QED) is 0.841. The third kappa shape index (κ3) is 3.46. The highest BCUT2D eigenvalue weighted by Crippen LogP contribution is 2.17. The Morgan fingerprint density at radius 3 is 2.79 bits per heavy atom. The van der Waals surface area contributed by atoms with Gasteiger partial charge in [-0.05, 0) is 25.1 Å². The second-order valence-electron chi connectivity index (χ2n) is 4.07. The van der Waals surface area contributed by atoms with Crippen molar-refractivity contribution in [1.29, 1.82) is 5.26 Å². The van der Waals surface area contributed by atoms with Crippen LogP contribution in [0.2, 0.25) is 0 Å². The van der Waals surface area contributed by atoms with Crippen LogP contribution in [0.5, 0.6) is 11.5 Å². The third-order valence-electron chi connectivity index (χ3n) is 2.57. The van der Waals surface area contributed by atoms with Gasteiger partial charge in [0.15, 0.2) is 0 Å². The summed E-state index contributed by atoms with van der Waals surface area (Å²) in [7, 11) is 1.62. The summed E-state index contributed by atoms with van der Waals surface area (Å²) in [5.41, 5.74) is 2.25. The molecule has 0 aliphatic carbocycles. The van der Waals surface area contributed by atoms with Gasteiger partial charge in [-0.2, -0.15) is 5.26 Å². The van der Waals surface area contributed by atoms with E-state index >= 15 is 0 Å². The number of nitriles is 1. The molecule has 19 heavy (non-hydrogen) atoms. The van der Waals surface area contributed by atoms with Gasteiger partial charge in [0.2, 0.25) is 0 Å². The highest BCUT2D eigenvalue weighted by molar-refractivity contribution is 5.36. The molecule has 0 saturated heterocycles. The fourth-order valence-corrected chi connectivity index (χ4v) is 1.71. The molecule has 0 aliphatic rings. The average molecular weight is 254 g/mol. The molecule has 1 aromatic heterocycles. The molecule has 0 aliphatic heterocycles. The van der Waals surface area contributed by atoms with E-state index in [9.17, 15) is 0 Å². The number of rotatable bonds is 4. The number of ether oxygens (including phenoxy) is 2. The number of pyridine rings is 1. The normalized spacial score (nSPS) is 9.74. The minimum absolute atomic E-state index is 0.340. The first-order valence-corrected chi connectivity index (χ1v) is 5.86. The number of aromatic nitrogens is 1. The van der Waals surface area contributed by atoms with Crippen LogP contribution in [0.1, 0.15) is 17.0 Å². The summed E-state index contributed by atoms with van der Waals surface area (Å²) >= 11 is 0. The summed E-state index contributed by atoms with van der Waals surface area (Å²) in [5.74, 6) is 1.41. The lowest BCUT2D eigenvalue weighted by Gasteiger charge is -2.08. The number of hydrogen-bond donors (Lipinski definition) is 0. The minimum atomic E-state index is 0.340. The van der Waals surface area contributed by atoms with Crippen LogP contribution in [0, 0.1) is 18.3 Å². The zero-order valence-electron chi connectivity index (χ0n) is 10.9. The van der Waals surface area contributed by atoms with Gasteiger partial charge in [-0.3, -0.25) is 4.98 Å². The van der Waals surface area contributed by atoms with Crippen molar-refractivity contribution in [3.05, 3.63) is 53.3 Å². The molecular weight excluding hydrogens is 240 g/mol. The Labute approximate surface area is 112 Å². The maximum atomic E-state index is 8.82. The number of aryl methyl sites for hydroxylation is 1. The summed E-state index contributed by atoms with van der Waals surface area (Å²) in [4.78, 5) is 4.37. The highest BCUT2D eigenvalue weighted by Gasteiger charge is 2.02. The smallest absolute Gasteiger partial charge is 0.130 e. The predicted octanol–water partition coefficient (Wildman–Crippen LogP) is 2.85. The van der Waals surface area contributed by atoms with E-state index < -0.39 is 0 Å². The fraction of sp³-hybridized carbons (Fsp3) is 0.200. The van der Waals surface area contributed by atoms with Gasteiger partial charge >= 0.3 is 0 Å². The molecule has 1 aromatic carbocycles. The van der Waals surface area contributed by atoms with Crippen LogP contribution in [-0.2, 0) is 6.61 Å². The highest BCUT2D eigenvalue weighted by atomic mass is 16.5. The molecule has 4 nitrogen and oxygen atoms in total.